The molecule has 6 N–H and O–H groups in total. The molecule has 4 unspecified atom stereocenters. The minimum Gasteiger partial charge on any atom is -0.438 e. The third-order valence-electron chi connectivity index (χ3n) is 12.1. The topological polar surface area (TPSA) is 228 Å². The Bertz CT molecular complexity index is 2060. The van der Waals surface area contributed by atoms with Crippen molar-refractivity contribution in [2.45, 2.75) is 74.7 Å². The Kier molecular flexibility index (Phi) is 9.06. The van der Waals surface area contributed by atoms with Crippen LogP contribution in [0, 0.1) is 0 Å². The van der Waals surface area contributed by atoms with E-state index in [9.17, 15) is 29.4 Å². The van der Waals surface area contributed by atoms with E-state index in [0.717, 1.165) is 55.9 Å². The van der Waals surface area contributed by atoms with Gasteiger partial charge in [0.2, 0.25) is 5.91 Å². The Labute approximate surface area is 322 Å². The van der Waals surface area contributed by atoms with E-state index in [0.29, 0.717) is 60.7 Å². The van der Waals surface area contributed by atoms with Gasteiger partial charge in [0.05, 0.1) is 41.8 Å². The first-order valence-corrected chi connectivity index (χ1v) is 19.3. The first-order valence-electron chi connectivity index (χ1n) is 19.3. The summed E-state index contributed by atoms with van der Waals surface area (Å²) >= 11 is 0. The first kappa shape index (κ1) is 36.3. The second kappa shape index (κ2) is 14.0. The van der Waals surface area contributed by atoms with Crippen molar-refractivity contribution in [3.05, 3.63) is 53.6 Å². The van der Waals surface area contributed by atoms with Crippen molar-refractivity contribution in [3.8, 4) is 0 Å². The monoisotopic (exact) mass is 770 g/mol. The number of piperidine rings is 3. The van der Waals surface area contributed by atoms with Gasteiger partial charge in [0.25, 0.3) is 11.8 Å². The first-order chi connectivity index (χ1) is 26.9. The maximum atomic E-state index is 13.4. The molecule has 0 radical (unpaired) electrons. The van der Waals surface area contributed by atoms with Crippen LogP contribution in [0.3, 0.4) is 0 Å². The average molecular weight is 771 g/mol. The molecule has 1 aromatic carbocycles. The molecular formula is C37H46N12O7. The third-order valence-corrected chi connectivity index (χ3v) is 12.1. The number of fused-ring (bicyclic) bond motifs is 1. The van der Waals surface area contributed by atoms with Gasteiger partial charge in [-0.05, 0) is 56.7 Å². The molecule has 6 aliphatic heterocycles. The zero-order valence-corrected chi connectivity index (χ0v) is 31.1. The van der Waals surface area contributed by atoms with Gasteiger partial charge in [0, 0.05) is 64.2 Å². The summed E-state index contributed by atoms with van der Waals surface area (Å²) in [7, 11) is 1.80. The lowest BCUT2D eigenvalue weighted by Crippen LogP contribution is -2.67. The van der Waals surface area contributed by atoms with E-state index < -0.39 is 41.8 Å². The standard InChI is InChI=1S/C37H46N12O7/c1-44-16-21(14-40-44)41-32-30(31(38)51)39-15-28(42-32)46-10-2-3-24(17-46)48-20-37(56-36(48)55)18-47(19-37)22-8-11-45(12-9-22)23-4-5-25-26(13-23)35(54)49(34(25)53)27-6-7-29(50)43-33(27)52/h4-5,13-16,22,24,27,29,31,50-51H,2-3,6-12,17-20,38H2,1H3,(H,41,42)(H,43,52). The highest BCUT2D eigenvalue weighted by atomic mass is 16.6. The van der Waals surface area contributed by atoms with Crippen molar-refractivity contribution < 1.29 is 34.1 Å². The number of aliphatic hydroxyl groups excluding tert-OH is 2. The molecule has 4 amide bonds. The average Bonchev–Trinajstić information content (AvgIpc) is 3.83. The minimum absolute atomic E-state index is 0.0569. The highest BCUT2D eigenvalue weighted by Gasteiger charge is 2.56. The van der Waals surface area contributed by atoms with Crippen LogP contribution in [0.5, 0.6) is 0 Å². The van der Waals surface area contributed by atoms with Gasteiger partial charge in [0.15, 0.2) is 11.4 Å². The largest absolute Gasteiger partial charge is 0.438 e. The van der Waals surface area contributed by atoms with Gasteiger partial charge < -0.3 is 41.1 Å². The number of aliphatic hydroxyl groups is 2. The molecule has 9 rings (SSSR count). The number of benzene rings is 1. The fourth-order valence-electron chi connectivity index (χ4n) is 9.18. The van der Waals surface area contributed by atoms with Crippen molar-refractivity contribution in [1.82, 2.24) is 39.8 Å². The lowest BCUT2D eigenvalue weighted by atomic mass is 9.88. The summed E-state index contributed by atoms with van der Waals surface area (Å²) in [6, 6.07) is 4.62. The van der Waals surface area contributed by atoms with Crippen molar-refractivity contribution in [2.24, 2.45) is 12.8 Å². The van der Waals surface area contributed by atoms with Crippen molar-refractivity contribution in [2.75, 3.05) is 60.9 Å². The smallest absolute Gasteiger partial charge is 0.410 e. The SMILES string of the molecule is Cn1cc(Nc2nc(N3CCCC(N4CC5(CN(C6CCN(c7ccc8c(c7)C(=O)N(C7CCC(O)NC7=O)C8=O)CC6)C5)OC4=O)C3)cnc2C(N)O)cn1. The van der Waals surface area contributed by atoms with Gasteiger partial charge in [-0.15, -0.1) is 0 Å². The van der Waals surface area contributed by atoms with E-state index in [2.05, 4.69) is 35.4 Å². The summed E-state index contributed by atoms with van der Waals surface area (Å²) in [5.74, 6) is -0.535. The Morgan fingerprint density at radius 1 is 0.964 bits per heavy atom. The number of carbonyl (C=O) groups excluding carboxylic acids is 4. The summed E-state index contributed by atoms with van der Waals surface area (Å²) in [4.78, 5) is 71.2. The van der Waals surface area contributed by atoms with E-state index in [4.69, 9.17) is 15.5 Å². The second-order valence-corrected chi connectivity index (χ2v) is 15.8. The van der Waals surface area contributed by atoms with Crippen LogP contribution in [-0.4, -0.2) is 144 Å². The van der Waals surface area contributed by atoms with Gasteiger partial charge in [0.1, 0.15) is 30.0 Å². The minimum atomic E-state index is -1.32. The fraction of sp³-hybridized carbons (Fsp3) is 0.541. The number of hydrogen-bond acceptors (Lipinski definition) is 15. The summed E-state index contributed by atoms with van der Waals surface area (Å²) in [5, 5.41) is 29.7. The van der Waals surface area contributed by atoms with Crippen molar-refractivity contribution in [1.29, 1.82) is 0 Å². The molecule has 19 heteroatoms. The molecule has 5 fully saturated rings. The molecule has 296 valence electrons. The zero-order valence-electron chi connectivity index (χ0n) is 31.1. The number of nitrogens with one attached hydrogen (secondary N) is 2. The van der Waals surface area contributed by atoms with Crippen molar-refractivity contribution in [3.63, 3.8) is 0 Å². The summed E-state index contributed by atoms with van der Waals surface area (Å²) in [6.07, 6.45) is 6.43. The lowest BCUT2D eigenvalue weighted by molar-refractivity contribution is -0.131. The lowest BCUT2D eigenvalue weighted by Gasteiger charge is -2.51. The number of carbonyl (C=O) groups is 4. The predicted molar refractivity (Wildman–Crippen MR) is 200 cm³/mol. The van der Waals surface area contributed by atoms with Gasteiger partial charge >= 0.3 is 6.09 Å². The molecule has 6 aliphatic rings. The molecule has 2 aromatic heterocycles. The Morgan fingerprint density at radius 2 is 1.75 bits per heavy atom. The molecule has 8 heterocycles. The van der Waals surface area contributed by atoms with Crippen LogP contribution >= 0.6 is 0 Å². The van der Waals surface area contributed by atoms with Crippen LogP contribution in [0.25, 0.3) is 0 Å². The van der Waals surface area contributed by atoms with Gasteiger partial charge in [-0.1, -0.05) is 0 Å². The zero-order chi connectivity index (χ0) is 38.9. The molecule has 0 saturated carbocycles. The molecule has 5 saturated heterocycles. The quantitative estimate of drug-likeness (QED) is 0.153. The molecule has 19 nitrogen and oxygen atoms in total. The summed E-state index contributed by atoms with van der Waals surface area (Å²) in [6.45, 7) is 4.71. The molecule has 0 aliphatic carbocycles. The number of nitrogens with zero attached hydrogens (tertiary/aromatic N) is 9. The normalized spacial score (nSPS) is 26.0. The van der Waals surface area contributed by atoms with Crippen LogP contribution in [0.1, 0.15) is 71.2 Å². The highest BCUT2D eigenvalue weighted by Crippen LogP contribution is 2.39. The second-order valence-electron chi connectivity index (χ2n) is 15.8. The maximum absolute atomic E-state index is 13.4. The van der Waals surface area contributed by atoms with Gasteiger partial charge in [-0.3, -0.25) is 33.8 Å². The number of aryl methyl sites for hydroxylation is 1. The van der Waals surface area contributed by atoms with Crippen LogP contribution in [0.2, 0.25) is 0 Å². The number of anilines is 4. The molecule has 3 aromatic rings. The Balaban J connectivity index is 0.790. The number of amides is 4. The Hall–Kier alpha value is -5.37. The molecule has 1 spiro atoms. The molecule has 0 bridgehead atoms. The van der Waals surface area contributed by atoms with Crippen LogP contribution in [0.4, 0.5) is 27.8 Å². The fourth-order valence-corrected chi connectivity index (χ4v) is 9.18. The van der Waals surface area contributed by atoms with E-state index in [1.54, 1.807) is 42.5 Å². The number of ether oxygens (including phenoxy) is 1. The number of hydrogen-bond donors (Lipinski definition) is 5. The molecule has 4 atom stereocenters. The van der Waals surface area contributed by atoms with Crippen LogP contribution in [-0.2, 0) is 16.6 Å². The van der Waals surface area contributed by atoms with Gasteiger partial charge in [-0.25, -0.2) is 14.8 Å². The number of nitrogens with two attached hydrogens (primary N) is 1. The van der Waals surface area contributed by atoms with E-state index in [1.807, 2.05) is 11.0 Å². The van der Waals surface area contributed by atoms with Crippen molar-refractivity contribution >= 4 is 46.8 Å². The van der Waals surface area contributed by atoms with Crippen LogP contribution < -0.4 is 26.2 Å². The number of imide groups is 1. The summed E-state index contributed by atoms with van der Waals surface area (Å²) in [5.41, 5.74) is 7.59. The predicted octanol–water partition coefficient (Wildman–Crippen LogP) is 0.241. The number of rotatable bonds is 8. The highest BCUT2D eigenvalue weighted by molar-refractivity contribution is 6.23. The summed E-state index contributed by atoms with van der Waals surface area (Å²) < 4.78 is 7.74. The van der Waals surface area contributed by atoms with E-state index in [-0.39, 0.29) is 30.7 Å². The van der Waals surface area contributed by atoms with Gasteiger partial charge in [-0.2, -0.15) is 5.10 Å². The Morgan fingerprint density at radius 3 is 2.48 bits per heavy atom. The maximum Gasteiger partial charge on any atom is 0.410 e. The van der Waals surface area contributed by atoms with E-state index in [1.165, 1.54) is 0 Å². The molecular weight excluding hydrogens is 724 g/mol. The number of aromatic nitrogens is 4. The van der Waals surface area contributed by atoms with E-state index >= 15 is 0 Å². The third kappa shape index (κ3) is 6.47. The molecule has 56 heavy (non-hydrogen) atoms. The number of likely N-dealkylation sites (tertiary alicyclic amines) is 1. The van der Waals surface area contributed by atoms with Crippen LogP contribution in [0.15, 0.2) is 36.8 Å².